The summed E-state index contributed by atoms with van der Waals surface area (Å²) in [7, 11) is 0. The largest absolute Gasteiger partial charge is 0.393 e. The molecule has 3 rings (SSSR count). The molecule has 0 aromatic rings. The highest BCUT2D eigenvalue weighted by Gasteiger charge is 2.54. The van der Waals surface area contributed by atoms with Crippen LogP contribution in [0.15, 0.2) is 35.5 Å². The number of hydrogen-bond acceptors (Lipinski definition) is 3. The Morgan fingerprint density at radius 2 is 1.80 bits per heavy atom. The summed E-state index contributed by atoms with van der Waals surface area (Å²) in [6.45, 7) is 12.3. The molecule has 3 aliphatic rings. The van der Waals surface area contributed by atoms with Crippen LogP contribution in [0.25, 0.3) is 0 Å². The molecule has 0 aliphatic heterocycles. The van der Waals surface area contributed by atoms with Crippen LogP contribution in [-0.2, 0) is 0 Å². The van der Waals surface area contributed by atoms with Crippen LogP contribution in [-0.4, -0.2) is 32.6 Å². The van der Waals surface area contributed by atoms with Crippen LogP contribution in [0.3, 0.4) is 0 Å². The van der Waals surface area contributed by atoms with Crippen molar-refractivity contribution in [2.45, 2.75) is 116 Å². The van der Waals surface area contributed by atoms with Gasteiger partial charge >= 0.3 is 0 Å². The van der Waals surface area contributed by atoms with Gasteiger partial charge < -0.3 is 15.3 Å². The van der Waals surface area contributed by atoms with Gasteiger partial charge in [0, 0.05) is 0 Å². The summed E-state index contributed by atoms with van der Waals surface area (Å²) >= 11 is 0. The normalized spacial score (nSPS) is 37.4. The Labute approximate surface area is 184 Å². The smallest absolute Gasteiger partial charge is 0.0653 e. The van der Waals surface area contributed by atoms with Crippen molar-refractivity contribution in [3.63, 3.8) is 0 Å². The number of rotatable bonds is 6. The lowest BCUT2D eigenvalue weighted by Crippen LogP contribution is -2.45. The fourth-order valence-corrected chi connectivity index (χ4v) is 6.71. The van der Waals surface area contributed by atoms with Gasteiger partial charge in [-0.1, -0.05) is 36.8 Å². The van der Waals surface area contributed by atoms with Crippen molar-refractivity contribution in [3.8, 4) is 0 Å². The summed E-state index contributed by atoms with van der Waals surface area (Å²) in [5.41, 5.74) is 2.71. The minimum absolute atomic E-state index is 0.143. The molecule has 30 heavy (non-hydrogen) atoms. The van der Waals surface area contributed by atoms with Crippen molar-refractivity contribution in [3.05, 3.63) is 35.5 Å². The molecule has 0 aromatic heterocycles. The van der Waals surface area contributed by atoms with Crippen molar-refractivity contribution in [2.75, 3.05) is 0 Å². The van der Waals surface area contributed by atoms with Crippen LogP contribution >= 0.6 is 0 Å². The van der Waals surface area contributed by atoms with E-state index in [4.69, 9.17) is 0 Å². The van der Waals surface area contributed by atoms with E-state index >= 15 is 0 Å². The first kappa shape index (κ1) is 23.8. The lowest BCUT2D eigenvalue weighted by atomic mass is 9.59. The minimum Gasteiger partial charge on any atom is -0.393 e. The molecule has 3 nitrogen and oxygen atoms in total. The summed E-state index contributed by atoms with van der Waals surface area (Å²) in [6.07, 6.45) is 14.9. The van der Waals surface area contributed by atoms with E-state index in [1.165, 1.54) is 29.6 Å². The zero-order chi connectivity index (χ0) is 22.2. The van der Waals surface area contributed by atoms with Crippen LogP contribution < -0.4 is 0 Å². The molecule has 0 aromatic carbocycles. The fourth-order valence-electron chi connectivity index (χ4n) is 6.71. The number of aliphatic hydroxyl groups excluding tert-OH is 1. The van der Waals surface area contributed by atoms with Gasteiger partial charge in [0.15, 0.2) is 0 Å². The van der Waals surface area contributed by atoms with Gasteiger partial charge in [-0.05, 0) is 114 Å². The van der Waals surface area contributed by atoms with Gasteiger partial charge in [0.25, 0.3) is 0 Å². The van der Waals surface area contributed by atoms with E-state index < -0.39 is 11.2 Å². The van der Waals surface area contributed by atoms with Crippen molar-refractivity contribution in [2.24, 2.45) is 17.3 Å². The molecule has 0 heterocycles. The van der Waals surface area contributed by atoms with Crippen LogP contribution in [0.5, 0.6) is 0 Å². The Morgan fingerprint density at radius 3 is 2.50 bits per heavy atom. The fraction of sp³-hybridized carbons (Fsp3) is 0.778. The predicted octanol–water partition coefficient (Wildman–Crippen LogP) is 5.85. The van der Waals surface area contributed by atoms with Crippen molar-refractivity contribution in [1.29, 1.82) is 0 Å². The quantitative estimate of drug-likeness (QED) is 0.509. The molecule has 3 saturated carbocycles. The van der Waals surface area contributed by atoms with Gasteiger partial charge in [0.2, 0.25) is 0 Å². The Morgan fingerprint density at radius 1 is 1.07 bits per heavy atom. The van der Waals surface area contributed by atoms with Crippen LogP contribution in [0.1, 0.15) is 98.3 Å². The van der Waals surface area contributed by atoms with Gasteiger partial charge in [0.05, 0.1) is 17.3 Å². The van der Waals surface area contributed by atoms with Crippen LogP contribution in [0.2, 0.25) is 0 Å². The Hall–Kier alpha value is -0.900. The molecule has 3 N–H and O–H groups in total. The summed E-state index contributed by atoms with van der Waals surface area (Å²) in [5, 5.41) is 31.5. The second-order valence-corrected chi connectivity index (χ2v) is 11.5. The first-order chi connectivity index (χ1) is 13.9. The number of hydrogen-bond donors (Lipinski definition) is 3. The first-order valence-electron chi connectivity index (χ1n) is 12.1. The molecule has 5 atom stereocenters. The second kappa shape index (κ2) is 8.92. The van der Waals surface area contributed by atoms with Gasteiger partial charge in [0.1, 0.15) is 0 Å². The lowest BCUT2D eigenvalue weighted by molar-refractivity contribution is -0.0680. The van der Waals surface area contributed by atoms with E-state index in [-0.39, 0.29) is 11.5 Å². The second-order valence-electron chi connectivity index (χ2n) is 11.5. The van der Waals surface area contributed by atoms with E-state index in [0.717, 1.165) is 57.8 Å². The highest BCUT2D eigenvalue weighted by Crippen LogP contribution is 2.60. The van der Waals surface area contributed by atoms with Gasteiger partial charge in [-0.2, -0.15) is 0 Å². The Bertz CT molecular complexity index is 693. The molecule has 0 saturated heterocycles. The maximum absolute atomic E-state index is 11.4. The molecule has 0 spiro atoms. The standard InChI is InChI=1S/C27H44O3/c1-19-9-12-22(28)18-21(19)11-10-20-8-6-16-26(4)23(20)13-14-24(26)27(5,30)17-7-15-25(2,3)29/h10-11,22-24,28-30H,1,6-9,12-18H2,2-5H3/b20-10+,21-11-/t22-,23+,24+,26+,27-/m1/s1. The van der Waals surface area contributed by atoms with Crippen molar-refractivity contribution < 1.29 is 15.3 Å². The monoisotopic (exact) mass is 416 g/mol. The Balaban J connectivity index is 1.74. The zero-order valence-electron chi connectivity index (χ0n) is 19.7. The molecule has 0 unspecified atom stereocenters. The zero-order valence-corrected chi connectivity index (χ0v) is 19.7. The molecule has 0 radical (unpaired) electrons. The molecular formula is C27H44O3. The molecule has 0 amide bonds. The molecule has 3 aliphatic carbocycles. The summed E-state index contributed by atoms with van der Waals surface area (Å²) < 4.78 is 0. The van der Waals surface area contributed by atoms with Crippen LogP contribution in [0.4, 0.5) is 0 Å². The third-order valence-electron chi connectivity index (χ3n) is 8.37. The van der Waals surface area contributed by atoms with E-state index in [9.17, 15) is 15.3 Å². The number of fused-ring (bicyclic) bond motifs is 1. The number of allylic oxidation sites excluding steroid dienone is 4. The minimum atomic E-state index is -0.683. The topological polar surface area (TPSA) is 60.7 Å². The van der Waals surface area contributed by atoms with E-state index in [1.807, 2.05) is 20.8 Å². The average Bonchev–Trinajstić information content (AvgIpc) is 2.99. The van der Waals surface area contributed by atoms with Gasteiger partial charge in [-0.15, -0.1) is 0 Å². The van der Waals surface area contributed by atoms with E-state index in [2.05, 4.69) is 25.7 Å². The molecular weight excluding hydrogens is 372 g/mol. The summed E-state index contributed by atoms with van der Waals surface area (Å²) in [6, 6.07) is 0. The van der Waals surface area contributed by atoms with Gasteiger partial charge in [-0.25, -0.2) is 0 Å². The molecule has 0 bridgehead atoms. The third kappa shape index (κ3) is 5.29. The number of aliphatic hydroxyl groups is 3. The molecule has 3 heteroatoms. The first-order valence-corrected chi connectivity index (χ1v) is 12.1. The van der Waals surface area contributed by atoms with Crippen molar-refractivity contribution in [1.82, 2.24) is 0 Å². The summed E-state index contributed by atoms with van der Waals surface area (Å²) in [5.74, 6) is 0.843. The van der Waals surface area contributed by atoms with E-state index in [0.29, 0.717) is 11.8 Å². The predicted molar refractivity (Wildman–Crippen MR) is 124 cm³/mol. The third-order valence-corrected chi connectivity index (χ3v) is 8.37. The lowest BCUT2D eigenvalue weighted by Gasteiger charge is -2.47. The molecule has 3 fully saturated rings. The SMILES string of the molecule is C=C1CC[C@@H](O)C/C1=C/C=C1\CCC[C@@]2(C)[C@H]1CC[C@@H]2[C@](C)(O)CCCC(C)(C)O. The maximum Gasteiger partial charge on any atom is 0.0653 e. The summed E-state index contributed by atoms with van der Waals surface area (Å²) in [4.78, 5) is 0. The van der Waals surface area contributed by atoms with Gasteiger partial charge in [-0.3, -0.25) is 0 Å². The highest BCUT2D eigenvalue weighted by molar-refractivity contribution is 5.36. The van der Waals surface area contributed by atoms with E-state index in [1.54, 1.807) is 0 Å². The highest BCUT2D eigenvalue weighted by atomic mass is 16.3. The Kier molecular flexibility index (Phi) is 7.06. The maximum atomic E-state index is 11.4. The van der Waals surface area contributed by atoms with Crippen molar-refractivity contribution >= 4 is 0 Å². The molecule has 170 valence electrons. The van der Waals surface area contributed by atoms with Crippen LogP contribution in [0, 0.1) is 17.3 Å². The average molecular weight is 417 g/mol.